The zero-order chi connectivity index (χ0) is 13.9. The maximum Gasteiger partial charge on any atom is 0.339 e. The molecule has 0 saturated carbocycles. The molecule has 0 saturated heterocycles. The van der Waals surface area contributed by atoms with Crippen LogP contribution in [0.3, 0.4) is 0 Å². The molecule has 0 radical (unpaired) electrons. The maximum atomic E-state index is 10.9. The quantitative estimate of drug-likeness (QED) is 0.786. The first-order valence-electron chi connectivity index (χ1n) is 4.84. The molecule has 0 aromatic heterocycles. The summed E-state index contributed by atoms with van der Waals surface area (Å²) in [5, 5.41) is 8.91. The van der Waals surface area contributed by atoms with Gasteiger partial charge in [-0.15, -0.1) is 0 Å². The lowest BCUT2D eigenvalue weighted by molar-refractivity contribution is 0.0698. The predicted molar refractivity (Wildman–Crippen MR) is 68.0 cm³/mol. The third kappa shape index (κ3) is 3.78. The molecule has 0 atom stereocenters. The average molecular weight is 294 g/mol. The number of nitrogen functional groups attached to an aromatic ring is 1. The number of ether oxygens (including phenoxy) is 1. The smallest absolute Gasteiger partial charge is 0.339 e. The molecule has 1 aromatic carbocycles. The SMILES string of the molecule is CS(=O)(=O)CCOc1ccc(Cl)c(C(=O)O)c1N. The van der Waals surface area contributed by atoms with Crippen LogP contribution in [0.4, 0.5) is 5.69 Å². The van der Waals surface area contributed by atoms with Gasteiger partial charge in [-0.1, -0.05) is 11.6 Å². The molecule has 0 heterocycles. The lowest BCUT2D eigenvalue weighted by Gasteiger charge is -2.11. The normalized spacial score (nSPS) is 11.2. The minimum atomic E-state index is -3.15. The van der Waals surface area contributed by atoms with Crippen LogP contribution >= 0.6 is 11.6 Å². The predicted octanol–water partition coefficient (Wildman–Crippen LogP) is 1.04. The largest absolute Gasteiger partial charge is 0.490 e. The Balaban J connectivity index is 2.92. The van der Waals surface area contributed by atoms with Gasteiger partial charge in [0.1, 0.15) is 17.9 Å². The molecular weight excluding hydrogens is 282 g/mol. The third-order valence-corrected chi connectivity index (χ3v) is 3.30. The summed E-state index contributed by atoms with van der Waals surface area (Å²) in [5.74, 6) is -1.36. The van der Waals surface area contributed by atoms with Crippen LogP contribution in [0.15, 0.2) is 12.1 Å². The van der Waals surface area contributed by atoms with E-state index in [2.05, 4.69) is 0 Å². The number of nitrogens with two attached hydrogens (primary N) is 1. The van der Waals surface area contributed by atoms with Crippen molar-refractivity contribution in [3.8, 4) is 5.75 Å². The summed E-state index contributed by atoms with van der Waals surface area (Å²) in [7, 11) is -3.15. The fraction of sp³-hybridized carbons (Fsp3) is 0.300. The number of halogens is 1. The van der Waals surface area contributed by atoms with Gasteiger partial charge in [0.05, 0.1) is 16.5 Å². The second kappa shape index (κ2) is 5.45. The number of carboxylic acid groups (broad SMARTS) is 1. The second-order valence-corrected chi connectivity index (χ2v) is 6.28. The van der Waals surface area contributed by atoms with Crippen LogP contribution in [0.1, 0.15) is 10.4 Å². The van der Waals surface area contributed by atoms with Gasteiger partial charge in [0.25, 0.3) is 0 Å². The van der Waals surface area contributed by atoms with E-state index in [4.69, 9.17) is 27.2 Å². The van der Waals surface area contributed by atoms with Crippen molar-refractivity contribution in [2.45, 2.75) is 0 Å². The molecule has 0 fully saturated rings. The van der Waals surface area contributed by atoms with Crippen molar-refractivity contribution in [2.75, 3.05) is 24.3 Å². The first-order valence-corrected chi connectivity index (χ1v) is 7.28. The topological polar surface area (TPSA) is 107 Å². The maximum absolute atomic E-state index is 10.9. The van der Waals surface area contributed by atoms with Gasteiger partial charge < -0.3 is 15.6 Å². The average Bonchev–Trinajstić information content (AvgIpc) is 2.19. The number of rotatable bonds is 5. The molecule has 0 aliphatic carbocycles. The number of aromatic carboxylic acids is 1. The number of anilines is 1. The van der Waals surface area contributed by atoms with E-state index in [1.807, 2.05) is 0 Å². The summed E-state index contributed by atoms with van der Waals surface area (Å²) in [6.07, 6.45) is 1.07. The molecular formula is C10H12ClNO5S. The van der Waals surface area contributed by atoms with Crippen molar-refractivity contribution in [3.05, 3.63) is 22.7 Å². The van der Waals surface area contributed by atoms with Gasteiger partial charge in [0.15, 0.2) is 9.84 Å². The van der Waals surface area contributed by atoms with Crippen LogP contribution < -0.4 is 10.5 Å². The Hall–Kier alpha value is -1.47. The second-order valence-electron chi connectivity index (χ2n) is 3.62. The summed E-state index contributed by atoms with van der Waals surface area (Å²) in [6.45, 7) is -0.107. The van der Waals surface area contributed by atoms with Gasteiger partial charge in [-0.05, 0) is 12.1 Å². The van der Waals surface area contributed by atoms with Crippen LogP contribution in [0.5, 0.6) is 5.75 Å². The van der Waals surface area contributed by atoms with E-state index in [0.29, 0.717) is 0 Å². The molecule has 1 aromatic rings. The van der Waals surface area contributed by atoms with Crippen molar-refractivity contribution in [3.63, 3.8) is 0 Å². The van der Waals surface area contributed by atoms with Gasteiger partial charge in [-0.25, -0.2) is 13.2 Å². The van der Waals surface area contributed by atoms with E-state index in [-0.39, 0.29) is 34.4 Å². The third-order valence-electron chi connectivity index (χ3n) is 2.08. The molecule has 3 N–H and O–H groups in total. The van der Waals surface area contributed by atoms with E-state index >= 15 is 0 Å². The monoisotopic (exact) mass is 293 g/mol. The van der Waals surface area contributed by atoms with Gasteiger partial charge in [-0.2, -0.15) is 0 Å². The zero-order valence-corrected chi connectivity index (χ0v) is 11.1. The van der Waals surface area contributed by atoms with Crippen molar-refractivity contribution < 1.29 is 23.1 Å². The standard InChI is InChI=1S/C10H12ClNO5S/c1-18(15,16)5-4-17-7-3-2-6(11)8(9(7)12)10(13)14/h2-3H,4-5,12H2,1H3,(H,13,14). The van der Waals surface area contributed by atoms with E-state index < -0.39 is 15.8 Å². The van der Waals surface area contributed by atoms with E-state index in [1.165, 1.54) is 12.1 Å². The first kappa shape index (κ1) is 14.6. The summed E-state index contributed by atoms with van der Waals surface area (Å²) in [6, 6.07) is 2.73. The lowest BCUT2D eigenvalue weighted by atomic mass is 10.1. The molecule has 18 heavy (non-hydrogen) atoms. The summed E-state index contributed by atoms with van der Waals surface area (Å²) < 4.78 is 27.0. The van der Waals surface area contributed by atoms with E-state index in [1.54, 1.807) is 0 Å². The summed E-state index contributed by atoms with van der Waals surface area (Å²) in [4.78, 5) is 10.9. The minimum absolute atomic E-state index is 0.00420. The van der Waals surface area contributed by atoms with Gasteiger partial charge in [-0.3, -0.25) is 0 Å². The van der Waals surface area contributed by atoms with Crippen molar-refractivity contribution in [1.29, 1.82) is 0 Å². The number of benzene rings is 1. The molecule has 0 amide bonds. The molecule has 0 spiro atoms. The van der Waals surface area contributed by atoms with Gasteiger partial charge in [0, 0.05) is 6.26 Å². The Labute approximate surface area is 109 Å². The Morgan fingerprint density at radius 2 is 2.11 bits per heavy atom. The first-order chi connectivity index (χ1) is 8.22. The van der Waals surface area contributed by atoms with Crippen molar-refractivity contribution in [1.82, 2.24) is 0 Å². The number of carbonyl (C=O) groups is 1. The van der Waals surface area contributed by atoms with Crippen LogP contribution in [0, 0.1) is 0 Å². The molecule has 6 nitrogen and oxygen atoms in total. The summed E-state index contributed by atoms with van der Waals surface area (Å²) >= 11 is 5.69. The molecule has 0 aliphatic rings. The van der Waals surface area contributed by atoms with Crippen LogP contribution in [0.2, 0.25) is 5.02 Å². The van der Waals surface area contributed by atoms with Crippen LogP contribution in [-0.4, -0.2) is 38.1 Å². The minimum Gasteiger partial charge on any atom is -0.490 e. The van der Waals surface area contributed by atoms with Crippen molar-refractivity contribution in [2.24, 2.45) is 0 Å². The fourth-order valence-corrected chi connectivity index (χ4v) is 1.85. The highest BCUT2D eigenvalue weighted by atomic mass is 35.5. The Bertz CT molecular complexity index is 570. The highest BCUT2D eigenvalue weighted by Crippen LogP contribution is 2.31. The van der Waals surface area contributed by atoms with Crippen LogP contribution in [-0.2, 0) is 9.84 Å². The molecule has 1 rings (SSSR count). The molecule has 0 bridgehead atoms. The van der Waals surface area contributed by atoms with E-state index in [9.17, 15) is 13.2 Å². The zero-order valence-electron chi connectivity index (χ0n) is 9.51. The molecule has 0 unspecified atom stereocenters. The van der Waals surface area contributed by atoms with Crippen LogP contribution in [0.25, 0.3) is 0 Å². The highest BCUT2D eigenvalue weighted by molar-refractivity contribution is 7.90. The number of hydrogen-bond donors (Lipinski definition) is 2. The lowest BCUT2D eigenvalue weighted by Crippen LogP contribution is -2.13. The number of carboxylic acids is 1. The number of hydrogen-bond acceptors (Lipinski definition) is 5. The fourth-order valence-electron chi connectivity index (χ4n) is 1.22. The Morgan fingerprint density at radius 1 is 1.50 bits per heavy atom. The molecule has 0 aliphatic heterocycles. The van der Waals surface area contributed by atoms with Gasteiger partial charge in [0.2, 0.25) is 0 Å². The molecule has 100 valence electrons. The Morgan fingerprint density at radius 3 is 2.61 bits per heavy atom. The van der Waals surface area contributed by atoms with Gasteiger partial charge >= 0.3 is 5.97 Å². The molecule has 8 heteroatoms. The Kier molecular flexibility index (Phi) is 4.42. The number of sulfone groups is 1. The van der Waals surface area contributed by atoms with E-state index in [0.717, 1.165) is 6.26 Å². The van der Waals surface area contributed by atoms with Crippen molar-refractivity contribution >= 4 is 33.1 Å². The highest BCUT2D eigenvalue weighted by Gasteiger charge is 2.17. The summed E-state index contributed by atoms with van der Waals surface area (Å²) in [5.41, 5.74) is 5.22.